The molecule has 1 aliphatic heterocycles. The Morgan fingerprint density at radius 2 is 2.08 bits per heavy atom. The molecule has 1 aromatic rings. The highest BCUT2D eigenvalue weighted by atomic mass is 16.5. The topological polar surface area (TPSA) is 88.2 Å². The third kappa shape index (κ3) is 4.55. The third-order valence-corrected chi connectivity index (χ3v) is 5.50. The first-order valence-electron chi connectivity index (χ1n) is 9.27. The lowest BCUT2D eigenvalue weighted by Gasteiger charge is -2.32. The van der Waals surface area contributed by atoms with Gasteiger partial charge in [-0.15, -0.1) is 0 Å². The van der Waals surface area contributed by atoms with Gasteiger partial charge in [-0.05, 0) is 56.6 Å². The molecule has 1 heterocycles. The molecule has 26 heavy (non-hydrogen) atoms. The van der Waals surface area contributed by atoms with Gasteiger partial charge in [-0.25, -0.2) is 0 Å². The van der Waals surface area contributed by atoms with E-state index in [4.69, 9.17) is 10.5 Å². The average molecular weight is 361 g/mol. The van der Waals surface area contributed by atoms with Crippen molar-refractivity contribution in [2.45, 2.75) is 39.7 Å². The Bertz CT molecular complexity index is 642. The summed E-state index contributed by atoms with van der Waals surface area (Å²) in [6, 6.07) is 7.64. The Morgan fingerprint density at radius 3 is 2.54 bits per heavy atom. The van der Waals surface area contributed by atoms with Crippen LogP contribution in [0, 0.1) is 11.3 Å². The summed E-state index contributed by atoms with van der Waals surface area (Å²) in [5.74, 6) is 0.343. The molecule has 1 unspecified atom stereocenters. The first-order valence-corrected chi connectivity index (χ1v) is 9.27. The summed E-state index contributed by atoms with van der Waals surface area (Å²) in [4.78, 5) is 18.6. The number of likely N-dealkylation sites (tertiary alicyclic amines) is 1. The molecule has 1 aromatic carbocycles. The molecule has 2 atom stereocenters. The number of aliphatic imine (C=N–C) groups is 1. The lowest BCUT2D eigenvalue weighted by atomic mass is 9.75. The number of amidine groups is 1. The summed E-state index contributed by atoms with van der Waals surface area (Å²) in [5.41, 5.74) is 6.10. The van der Waals surface area contributed by atoms with Crippen molar-refractivity contribution in [1.82, 2.24) is 4.90 Å². The standard InChI is InChI=1S/C20H31N3O3/c1-5-20(14(2)3,19(24)25)13-26-17-8-6-15(7-9-17)18(21)22-16-10-11-23(4)12-16/h6-9,14,16H,5,10-13H2,1-4H3,(H2,21,22)(H,24,25)/t16?,20-/m1/s1. The summed E-state index contributed by atoms with van der Waals surface area (Å²) >= 11 is 0. The molecule has 1 saturated heterocycles. The quantitative estimate of drug-likeness (QED) is 0.549. The van der Waals surface area contributed by atoms with Crippen LogP contribution in [0.5, 0.6) is 5.75 Å². The summed E-state index contributed by atoms with van der Waals surface area (Å²) in [5, 5.41) is 9.63. The summed E-state index contributed by atoms with van der Waals surface area (Å²) in [7, 11) is 2.09. The predicted octanol–water partition coefficient (Wildman–Crippen LogP) is 2.61. The molecule has 0 aliphatic carbocycles. The molecule has 2 rings (SSSR count). The number of nitrogens with two attached hydrogens (primary N) is 1. The Hall–Kier alpha value is -2.08. The van der Waals surface area contributed by atoms with Gasteiger partial charge in [-0.3, -0.25) is 9.79 Å². The Balaban J connectivity index is 2.03. The van der Waals surface area contributed by atoms with Crippen LogP contribution < -0.4 is 10.5 Å². The van der Waals surface area contributed by atoms with E-state index in [1.54, 1.807) is 0 Å². The van der Waals surface area contributed by atoms with Crippen molar-refractivity contribution in [3.63, 3.8) is 0 Å². The van der Waals surface area contributed by atoms with Gasteiger partial charge < -0.3 is 20.5 Å². The second-order valence-corrected chi connectivity index (χ2v) is 7.50. The van der Waals surface area contributed by atoms with E-state index < -0.39 is 11.4 Å². The Labute approximate surface area is 156 Å². The maximum absolute atomic E-state index is 11.7. The van der Waals surface area contributed by atoms with Gasteiger partial charge in [-0.1, -0.05) is 20.8 Å². The molecule has 0 bridgehead atoms. The fourth-order valence-corrected chi connectivity index (χ4v) is 3.36. The average Bonchev–Trinajstić information content (AvgIpc) is 3.00. The fourth-order valence-electron chi connectivity index (χ4n) is 3.36. The van der Waals surface area contributed by atoms with E-state index >= 15 is 0 Å². The third-order valence-electron chi connectivity index (χ3n) is 5.50. The summed E-state index contributed by atoms with van der Waals surface area (Å²) < 4.78 is 5.80. The SMILES string of the molecule is CC[C@](COc1ccc(C(N)=NC2CCN(C)C2)cc1)(C(=O)O)C(C)C. The fraction of sp³-hybridized carbons (Fsp3) is 0.600. The normalized spacial score (nSPS) is 21.0. The molecule has 0 radical (unpaired) electrons. The maximum Gasteiger partial charge on any atom is 0.313 e. The number of nitrogens with zero attached hydrogens (tertiary/aromatic N) is 2. The molecule has 0 amide bonds. The van der Waals surface area contributed by atoms with Crippen molar-refractivity contribution in [3.05, 3.63) is 29.8 Å². The van der Waals surface area contributed by atoms with Crippen LogP contribution in [0.25, 0.3) is 0 Å². The molecular weight excluding hydrogens is 330 g/mol. The van der Waals surface area contributed by atoms with E-state index in [0.29, 0.717) is 18.0 Å². The lowest BCUT2D eigenvalue weighted by molar-refractivity contribution is -0.154. The zero-order chi connectivity index (χ0) is 19.3. The largest absolute Gasteiger partial charge is 0.492 e. The molecule has 1 aliphatic rings. The number of carboxylic acid groups (broad SMARTS) is 1. The van der Waals surface area contributed by atoms with Gasteiger partial charge in [0.25, 0.3) is 0 Å². The number of rotatable bonds is 8. The highest BCUT2D eigenvalue weighted by Crippen LogP contribution is 2.33. The maximum atomic E-state index is 11.7. The van der Waals surface area contributed by atoms with Crippen molar-refractivity contribution >= 4 is 11.8 Å². The summed E-state index contributed by atoms with van der Waals surface area (Å²) in [6.45, 7) is 7.85. The number of ether oxygens (including phenoxy) is 1. The molecule has 1 fully saturated rings. The predicted molar refractivity (Wildman–Crippen MR) is 104 cm³/mol. The van der Waals surface area contributed by atoms with Crippen molar-refractivity contribution in [1.29, 1.82) is 0 Å². The van der Waals surface area contributed by atoms with Crippen molar-refractivity contribution in [3.8, 4) is 5.75 Å². The van der Waals surface area contributed by atoms with Crippen molar-refractivity contribution in [2.75, 3.05) is 26.7 Å². The monoisotopic (exact) mass is 361 g/mol. The van der Waals surface area contributed by atoms with Crippen LogP contribution in [0.4, 0.5) is 0 Å². The van der Waals surface area contributed by atoms with Gasteiger partial charge in [0.05, 0.1) is 6.04 Å². The van der Waals surface area contributed by atoms with Gasteiger partial charge in [-0.2, -0.15) is 0 Å². The van der Waals surface area contributed by atoms with Gasteiger partial charge in [0, 0.05) is 12.1 Å². The minimum Gasteiger partial charge on any atom is -0.492 e. The van der Waals surface area contributed by atoms with Crippen molar-refractivity contribution in [2.24, 2.45) is 22.1 Å². The van der Waals surface area contributed by atoms with Crippen LogP contribution in [0.3, 0.4) is 0 Å². The Kier molecular flexibility index (Phi) is 6.64. The van der Waals surface area contributed by atoms with E-state index in [1.807, 2.05) is 45.0 Å². The second-order valence-electron chi connectivity index (χ2n) is 7.50. The van der Waals surface area contributed by atoms with E-state index in [9.17, 15) is 9.90 Å². The first kappa shape index (κ1) is 20.2. The molecular formula is C20H31N3O3. The molecule has 144 valence electrons. The van der Waals surface area contributed by atoms with Crippen LogP contribution >= 0.6 is 0 Å². The minimum absolute atomic E-state index is 0.0170. The van der Waals surface area contributed by atoms with Crippen LogP contribution in [-0.2, 0) is 4.79 Å². The minimum atomic E-state index is -0.881. The van der Waals surface area contributed by atoms with Gasteiger partial charge in [0.15, 0.2) is 0 Å². The lowest BCUT2D eigenvalue weighted by Crippen LogP contribution is -2.41. The Morgan fingerprint density at radius 1 is 1.42 bits per heavy atom. The van der Waals surface area contributed by atoms with Crippen LogP contribution in [-0.4, -0.2) is 54.6 Å². The van der Waals surface area contributed by atoms with E-state index in [0.717, 1.165) is 25.1 Å². The number of hydrogen-bond acceptors (Lipinski definition) is 4. The van der Waals surface area contributed by atoms with Crippen LogP contribution in [0.15, 0.2) is 29.3 Å². The van der Waals surface area contributed by atoms with Gasteiger partial charge in [0.2, 0.25) is 0 Å². The molecule has 6 nitrogen and oxygen atoms in total. The number of carboxylic acids is 1. The molecule has 0 aromatic heterocycles. The van der Waals surface area contributed by atoms with Gasteiger partial charge >= 0.3 is 5.97 Å². The van der Waals surface area contributed by atoms with Crippen molar-refractivity contribution < 1.29 is 14.6 Å². The zero-order valence-electron chi connectivity index (χ0n) is 16.2. The first-order chi connectivity index (χ1) is 12.3. The van der Waals surface area contributed by atoms with E-state index in [2.05, 4.69) is 16.9 Å². The number of hydrogen-bond donors (Lipinski definition) is 2. The van der Waals surface area contributed by atoms with Gasteiger partial charge in [0.1, 0.15) is 23.6 Å². The zero-order valence-corrected chi connectivity index (χ0v) is 16.2. The molecule has 6 heteroatoms. The van der Waals surface area contributed by atoms with E-state index in [-0.39, 0.29) is 18.6 Å². The number of carbonyl (C=O) groups is 1. The molecule has 0 spiro atoms. The highest BCUT2D eigenvalue weighted by Gasteiger charge is 2.41. The number of benzene rings is 1. The van der Waals surface area contributed by atoms with Crippen LogP contribution in [0.2, 0.25) is 0 Å². The molecule has 3 N–H and O–H groups in total. The second kappa shape index (κ2) is 8.54. The smallest absolute Gasteiger partial charge is 0.313 e. The number of aliphatic carboxylic acids is 1. The van der Waals surface area contributed by atoms with E-state index in [1.165, 1.54) is 0 Å². The van der Waals surface area contributed by atoms with Crippen LogP contribution in [0.1, 0.15) is 39.2 Å². The molecule has 0 saturated carbocycles. The number of likely N-dealkylation sites (N-methyl/N-ethyl adjacent to an activating group) is 1. The summed E-state index contributed by atoms with van der Waals surface area (Å²) in [6.07, 6.45) is 1.55. The highest BCUT2D eigenvalue weighted by molar-refractivity contribution is 5.97.